The third-order valence-corrected chi connectivity index (χ3v) is 7.46. The first-order valence-corrected chi connectivity index (χ1v) is 9.42. The highest BCUT2D eigenvalue weighted by Gasteiger charge is 2.32. The van der Waals surface area contributed by atoms with E-state index in [-0.39, 0.29) is 6.54 Å². The monoisotopic (exact) mass is 357 g/mol. The van der Waals surface area contributed by atoms with Gasteiger partial charge in [-0.05, 0) is 24.9 Å². The lowest BCUT2D eigenvalue weighted by molar-refractivity contribution is 0.241. The van der Waals surface area contributed by atoms with E-state index < -0.39 is 43.3 Å². The standard InChI is InChI=1S/C14H20F5NO2Si/c1-4-23(21-2,22-3)8-6-5-7-20-14-12(18)10(16)9(15)11(17)13(14)19/h20H,4-8H2,1-3H3. The number of hydrogen-bond acceptors (Lipinski definition) is 3. The minimum Gasteiger partial charge on any atom is -0.398 e. The van der Waals surface area contributed by atoms with Crippen molar-refractivity contribution in [1.29, 1.82) is 0 Å². The molecule has 9 heteroatoms. The Hall–Kier alpha value is -1.19. The zero-order valence-electron chi connectivity index (χ0n) is 13.2. The molecule has 0 fully saturated rings. The van der Waals surface area contributed by atoms with Crippen molar-refractivity contribution in [1.82, 2.24) is 0 Å². The fraction of sp³-hybridized carbons (Fsp3) is 0.571. The van der Waals surface area contributed by atoms with Gasteiger partial charge in [-0.1, -0.05) is 6.92 Å². The van der Waals surface area contributed by atoms with Crippen LogP contribution >= 0.6 is 0 Å². The van der Waals surface area contributed by atoms with Crippen molar-refractivity contribution in [3.63, 3.8) is 0 Å². The molecule has 0 spiro atoms. The minimum absolute atomic E-state index is 0.0694. The van der Waals surface area contributed by atoms with Crippen LogP contribution in [0, 0.1) is 29.1 Å². The van der Waals surface area contributed by atoms with E-state index in [0.717, 1.165) is 6.04 Å². The summed E-state index contributed by atoms with van der Waals surface area (Å²) in [6.07, 6.45) is 1.12. The Morgan fingerprint density at radius 3 is 1.74 bits per heavy atom. The van der Waals surface area contributed by atoms with Gasteiger partial charge in [-0.15, -0.1) is 0 Å². The van der Waals surface area contributed by atoms with Crippen molar-refractivity contribution in [2.75, 3.05) is 26.1 Å². The number of hydrogen-bond donors (Lipinski definition) is 1. The highest BCUT2D eigenvalue weighted by atomic mass is 28.4. The number of halogens is 5. The molecule has 3 nitrogen and oxygen atoms in total. The van der Waals surface area contributed by atoms with Crippen molar-refractivity contribution in [2.24, 2.45) is 0 Å². The van der Waals surface area contributed by atoms with Crippen LogP contribution in [0.2, 0.25) is 12.1 Å². The summed E-state index contributed by atoms with van der Waals surface area (Å²) in [6, 6.07) is 1.43. The summed E-state index contributed by atoms with van der Waals surface area (Å²) in [5.74, 6) is -9.78. The van der Waals surface area contributed by atoms with Gasteiger partial charge < -0.3 is 14.2 Å². The van der Waals surface area contributed by atoms with E-state index in [1.54, 1.807) is 14.2 Å². The summed E-state index contributed by atoms with van der Waals surface area (Å²) in [4.78, 5) is 0. The summed E-state index contributed by atoms with van der Waals surface area (Å²) in [5, 5.41) is 2.27. The third-order valence-electron chi connectivity index (χ3n) is 3.78. The van der Waals surface area contributed by atoms with E-state index in [9.17, 15) is 22.0 Å². The Kier molecular flexibility index (Phi) is 7.42. The second kappa shape index (κ2) is 8.60. The predicted octanol–water partition coefficient (Wildman–Crippen LogP) is 4.33. The van der Waals surface area contributed by atoms with Gasteiger partial charge in [-0.2, -0.15) is 0 Å². The Morgan fingerprint density at radius 2 is 1.30 bits per heavy atom. The minimum atomic E-state index is -2.24. The molecule has 0 atom stereocenters. The van der Waals surface area contributed by atoms with Gasteiger partial charge in [-0.3, -0.25) is 0 Å². The Bertz CT molecular complexity index is 503. The van der Waals surface area contributed by atoms with Gasteiger partial charge in [-0.25, -0.2) is 22.0 Å². The maximum absolute atomic E-state index is 13.4. The maximum atomic E-state index is 13.4. The number of anilines is 1. The smallest absolute Gasteiger partial charge is 0.337 e. The summed E-state index contributed by atoms with van der Waals surface area (Å²) < 4.78 is 76.7. The molecule has 0 amide bonds. The van der Waals surface area contributed by atoms with Crippen LogP contribution in [0.15, 0.2) is 0 Å². The van der Waals surface area contributed by atoms with E-state index >= 15 is 0 Å². The lowest BCUT2D eigenvalue weighted by atomic mass is 10.2. The predicted molar refractivity (Wildman–Crippen MR) is 79.0 cm³/mol. The zero-order valence-corrected chi connectivity index (χ0v) is 14.2. The van der Waals surface area contributed by atoms with Gasteiger partial charge in [0.1, 0.15) is 5.69 Å². The van der Waals surface area contributed by atoms with E-state index in [0.29, 0.717) is 18.9 Å². The molecule has 0 bridgehead atoms. The van der Waals surface area contributed by atoms with Crippen LogP contribution in [0.3, 0.4) is 0 Å². The summed E-state index contributed by atoms with van der Waals surface area (Å²) >= 11 is 0. The molecule has 132 valence electrons. The molecule has 0 radical (unpaired) electrons. The number of unbranched alkanes of at least 4 members (excludes halogenated alkanes) is 1. The Labute approximate surface area is 133 Å². The summed E-state index contributed by atoms with van der Waals surface area (Å²) in [6.45, 7) is 2.02. The summed E-state index contributed by atoms with van der Waals surface area (Å²) in [7, 11) is 0.912. The molecule has 23 heavy (non-hydrogen) atoms. The van der Waals surface area contributed by atoms with Crippen molar-refractivity contribution in [3.8, 4) is 0 Å². The van der Waals surface area contributed by atoms with Gasteiger partial charge in [0.05, 0.1) is 0 Å². The first kappa shape index (κ1) is 19.9. The van der Waals surface area contributed by atoms with Gasteiger partial charge in [0.15, 0.2) is 23.3 Å². The Balaban J connectivity index is 2.61. The molecule has 0 aliphatic heterocycles. The molecule has 1 rings (SSSR count). The van der Waals surface area contributed by atoms with Crippen LogP contribution in [-0.4, -0.2) is 29.3 Å². The van der Waals surface area contributed by atoms with Crippen LogP contribution < -0.4 is 5.32 Å². The van der Waals surface area contributed by atoms with E-state index in [2.05, 4.69) is 5.32 Å². The van der Waals surface area contributed by atoms with Crippen LogP contribution in [0.4, 0.5) is 27.6 Å². The highest BCUT2D eigenvalue weighted by molar-refractivity contribution is 6.67. The number of rotatable bonds is 9. The number of nitrogens with one attached hydrogen (secondary N) is 1. The first-order chi connectivity index (χ1) is 10.8. The molecule has 0 aliphatic carbocycles. The lowest BCUT2D eigenvalue weighted by Gasteiger charge is -2.25. The van der Waals surface area contributed by atoms with Crippen molar-refractivity contribution in [2.45, 2.75) is 31.9 Å². The van der Waals surface area contributed by atoms with Crippen molar-refractivity contribution in [3.05, 3.63) is 29.1 Å². The molecule has 0 aromatic heterocycles. The molecule has 1 aromatic carbocycles. The zero-order chi connectivity index (χ0) is 17.6. The van der Waals surface area contributed by atoms with Crippen molar-refractivity contribution < 1.29 is 30.8 Å². The SMILES string of the molecule is CC[Si](CCCCNc1c(F)c(F)c(F)c(F)c1F)(OC)OC. The average molecular weight is 357 g/mol. The fourth-order valence-electron chi connectivity index (χ4n) is 2.25. The van der Waals surface area contributed by atoms with Crippen LogP contribution in [0.5, 0.6) is 0 Å². The molecule has 0 unspecified atom stereocenters. The van der Waals surface area contributed by atoms with E-state index in [4.69, 9.17) is 8.85 Å². The molecule has 0 aliphatic rings. The van der Waals surface area contributed by atoms with Crippen LogP contribution in [0.25, 0.3) is 0 Å². The Morgan fingerprint density at radius 1 is 0.826 bits per heavy atom. The van der Waals surface area contributed by atoms with E-state index in [1.165, 1.54) is 0 Å². The maximum Gasteiger partial charge on any atom is 0.337 e. The highest BCUT2D eigenvalue weighted by Crippen LogP contribution is 2.27. The van der Waals surface area contributed by atoms with Crippen LogP contribution in [0.1, 0.15) is 19.8 Å². The lowest BCUT2D eigenvalue weighted by Crippen LogP contribution is -2.39. The molecule has 1 N–H and O–H groups in total. The van der Waals surface area contributed by atoms with Crippen molar-refractivity contribution >= 4 is 14.2 Å². The first-order valence-electron chi connectivity index (χ1n) is 7.19. The van der Waals surface area contributed by atoms with Gasteiger partial charge >= 0.3 is 8.56 Å². The van der Waals surface area contributed by atoms with Crippen LogP contribution in [-0.2, 0) is 8.85 Å². The van der Waals surface area contributed by atoms with E-state index in [1.807, 2.05) is 6.92 Å². The molecule has 0 saturated heterocycles. The largest absolute Gasteiger partial charge is 0.398 e. The molecule has 0 saturated carbocycles. The molecular formula is C14H20F5NO2Si. The molecular weight excluding hydrogens is 337 g/mol. The normalized spacial score (nSPS) is 11.8. The summed E-state index contributed by atoms with van der Waals surface area (Å²) in [5.41, 5.74) is -1.00. The van der Waals surface area contributed by atoms with Gasteiger partial charge in [0, 0.05) is 20.8 Å². The van der Waals surface area contributed by atoms with Gasteiger partial charge in [0.25, 0.3) is 0 Å². The third kappa shape index (κ3) is 4.42. The fourth-order valence-corrected chi connectivity index (χ4v) is 4.54. The topological polar surface area (TPSA) is 30.5 Å². The number of benzene rings is 1. The second-order valence-electron chi connectivity index (χ2n) is 5.00. The average Bonchev–Trinajstić information content (AvgIpc) is 2.57. The second-order valence-corrected chi connectivity index (χ2v) is 8.85. The van der Waals surface area contributed by atoms with Gasteiger partial charge in [0.2, 0.25) is 5.82 Å². The molecule has 0 heterocycles. The quantitative estimate of drug-likeness (QED) is 0.235. The molecule has 1 aromatic rings.